The molecule has 3 aliphatic heterocycles. The number of hydrogen-bond acceptors (Lipinski definition) is 2. The van der Waals surface area contributed by atoms with Crippen LogP contribution in [0.5, 0.6) is 0 Å². The topological polar surface area (TPSA) is 35.6 Å². The molecule has 4 atom stereocenters. The molecule has 150 valence electrons. The van der Waals surface area contributed by atoms with Crippen LogP contribution in [0.15, 0.2) is 42.0 Å². The van der Waals surface area contributed by atoms with Crippen LogP contribution in [-0.4, -0.2) is 54.1 Å². The van der Waals surface area contributed by atoms with Gasteiger partial charge in [0, 0.05) is 25.7 Å². The number of fused-ring (bicyclic) bond motifs is 6. The van der Waals surface area contributed by atoms with Crippen LogP contribution < -0.4 is 5.32 Å². The fourth-order valence-corrected chi connectivity index (χ4v) is 6.26. The molecule has 1 aromatic carbocycles. The summed E-state index contributed by atoms with van der Waals surface area (Å²) < 4.78 is 0. The Kier molecular flexibility index (Phi) is 5.15. The van der Waals surface area contributed by atoms with E-state index in [4.69, 9.17) is 0 Å². The van der Waals surface area contributed by atoms with E-state index >= 15 is 0 Å². The zero-order valence-electron chi connectivity index (χ0n) is 16.9. The number of nitrogens with one attached hydrogen (secondary N) is 1. The second-order valence-electron chi connectivity index (χ2n) is 9.17. The number of likely N-dealkylation sites (tertiary alicyclic amines) is 1. The normalized spacial score (nSPS) is 32.1. The Bertz CT molecular complexity index is 731. The molecule has 1 aliphatic carbocycles. The van der Waals surface area contributed by atoms with Crippen molar-refractivity contribution in [2.24, 2.45) is 11.8 Å². The lowest BCUT2D eigenvalue weighted by Crippen LogP contribution is -2.61. The first-order chi connectivity index (χ1) is 13.8. The zero-order chi connectivity index (χ0) is 18.9. The Balaban J connectivity index is 1.27. The van der Waals surface area contributed by atoms with Gasteiger partial charge in [-0.15, -0.1) is 0 Å². The van der Waals surface area contributed by atoms with Crippen molar-refractivity contribution in [1.82, 2.24) is 15.1 Å². The van der Waals surface area contributed by atoms with Gasteiger partial charge < -0.3 is 10.2 Å². The third-order valence-electron chi connectivity index (χ3n) is 7.45. The molecule has 5 rings (SSSR count). The van der Waals surface area contributed by atoms with E-state index < -0.39 is 0 Å². The van der Waals surface area contributed by atoms with Crippen molar-refractivity contribution in [1.29, 1.82) is 0 Å². The van der Waals surface area contributed by atoms with Crippen LogP contribution in [0.1, 0.15) is 44.1 Å². The van der Waals surface area contributed by atoms with Crippen LogP contribution in [-0.2, 0) is 6.42 Å². The molecule has 3 heterocycles. The number of rotatable bonds is 3. The Hall–Kier alpha value is -1.81. The number of amides is 2. The number of benzene rings is 1. The van der Waals surface area contributed by atoms with E-state index in [0.717, 1.165) is 31.3 Å². The minimum Gasteiger partial charge on any atom is -0.338 e. The maximum absolute atomic E-state index is 13.1. The number of carbonyl (C=O) groups excluding carboxylic acids is 1. The maximum Gasteiger partial charge on any atom is 0.317 e. The molecule has 28 heavy (non-hydrogen) atoms. The van der Waals surface area contributed by atoms with Gasteiger partial charge >= 0.3 is 6.03 Å². The fraction of sp³-hybridized carbons (Fsp3) is 0.625. The summed E-state index contributed by atoms with van der Waals surface area (Å²) in [5.74, 6) is 1.35. The van der Waals surface area contributed by atoms with E-state index in [1.54, 1.807) is 5.57 Å². The third kappa shape index (κ3) is 3.47. The van der Waals surface area contributed by atoms with Crippen molar-refractivity contribution in [3.63, 3.8) is 0 Å². The molecule has 1 N–H and O–H groups in total. The average molecular weight is 380 g/mol. The van der Waals surface area contributed by atoms with Gasteiger partial charge in [-0.3, -0.25) is 4.90 Å². The monoisotopic (exact) mass is 379 g/mol. The Labute approximate surface area is 169 Å². The lowest BCUT2D eigenvalue weighted by molar-refractivity contribution is 0.00793. The van der Waals surface area contributed by atoms with Crippen LogP contribution in [0.3, 0.4) is 0 Å². The molecule has 0 saturated carbocycles. The molecule has 0 aromatic heterocycles. The molecular weight excluding hydrogens is 346 g/mol. The van der Waals surface area contributed by atoms with E-state index in [-0.39, 0.29) is 6.03 Å². The smallest absolute Gasteiger partial charge is 0.317 e. The quantitative estimate of drug-likeness (QED) is 0.810. The summed E-state index contributed by atoms with van der Waals surface area (Å²) in [6, 6.07) is 11.7. The molecule has 4 nitrogen and oxygen atoms in total. The van der Waals surface area contributed by atoms with Crippen molar-refractivity contribution in [3.8, 4) is 0 Å². The molecule has 0 unspecified atom stereocenters. The van der Waals surface area contributed by atoms with Gasteiger partial charge in [-0.1, -0.05) is 48.4 Å². The number of carbonyl (C=O) groups is 1. The zero-order valence-corrected chi connectivity index (χ0v) is 16.9. The van der Waals surface area contributed by atoms with Gasteiger partial charge in [0.25, 0.3) is 0 Å². The fourth-order valence-electron chi connectivity index (χ4n) is 6.26. The standard InChI is InChI=1S/C24H33N3O/c28-24(25-12-11-18-7-2-1-3-8-18)27-14-6-9-19-15-20-16-21(23(19)27)17-26-13-5-4-10-22(20)26/h1-3,7-8,15,20-23H,4-6,9-14,16-17H2,(H,25,28)/t20-,21+,22-,23+/m0/s1. The first kappa shape index (κ1) is 18.2. The van der Waals surface area contributed by atoms with Crippen LogP contribution in [0, 0.1) is 11.8 Å². The highest BCUT2D eigenvalue weighted by molar-refractivity contribution is 5.75. The maximum atomic E-state index is 13.1. The van der Waals surface area contributed by atoms with Crippen LogP contribution in [0.2, 0.25) is 0 Å². The summed E-state index contributed by atoms with van der Waals surface area (Å²) in [7, 11) is 0. The number of piperidine rings is 3. The van der Waals surface area contributed by atoms with E-state index in [0.29, 0.717) is 18.5 Å². The largest absolute Gasteiger partial charge is 0.338 e. The summed E-state index contributed by atoms with van der Waals surface area (Å²) in [5, 5.41) is 3.21. The molecule has 0 spiro atoms. The Morgan fingerprint density at radius 2 is 2.00 bits per heavy atom. The van der Waals surface area contributed by atoms with Gasteiger partial charge in [0.1, 0.15) is 0 Å². The van der Waals surface area contributed by atoms with Crippen molar-refractivity contribution in [2.45, 2.75) is 57.0 Å². The van der Waals surface area contributed by atoms with Crippen molar-refractivity contribution >= 4 is 6.03 Å². The second kappa shape index (κ2) is 7.90. The predicted octanol–water partition coefficient (Wildman–Crippen LogP) is 3.83. The molecule has 4 aliphatic rings. The average Bonchev–Trinajstić information content (AvgIpc) is 2.74. The van der Waals surface area contributed by atoms with Gasteiger partial charge in [-0.25, -0.2) is 4.79 Å². The summed E-state index contributed by atoms with van der Waals surface area (Å²) in [4.78, 5) is 18.0. The molecule has 2 bridgehead atoms. The van der Waals surface area contributed by atoms with Crippen molar-refractivity contribution in [2.75, 3.05) is 26.2 Å². The lowest BCUT2D eigenvalue weighted by atomic mass is 9.68. The van der Waals surface area contributed by atoms with E-state index in [1.165, 1.54) is 50.8 Å². The van der Waals surface area contributed by atoms with Crippen molar-refractivity contribution < 1.29 is 4.79 Å². The molecule has 4 heteroatoms. The van der Waals surface area contributed by atoms with Gasteiger partial charge in [0.2, 0.25) is 0 Å². The Morgan fingerprint density at radius 3 is 2.89 bits per heavy atom. The minimum absolute atomic E-state index is 0.144. The molecular formula is C24H33N3O. The number of urea groups is 1. The number of hydrogen-bond donors (Lipinski definition) is 1. The SMILES string of the molecule is O=C(NCCc1ccccc1)N1CCCC2=C[C@H]3C[C@H](CN4CCCC[C@@H]34)[C@@H]21. The van der Waals surface area contributed by atoms with E-state index in [1.807, 2.05) is 6.07 Å². The van der Waals surface area contributed by atoms with Gasteiger partial charge in [-0.2, -0.15) is 0 Å². The summed E-state index contributed by atoms with van der Waals surface area (Å²) in [6.45, 7) is 4.07. The first-order valence-corrected chi connectivity index (χ1v) is 11.3. The van der Waals surface area contributed by atoms with E-state index in [9.17, 15) is 4.79 Å². The highest BCUT2D eigenvalue weighted by Crippen LogP contribution is 2.44. The van der Waals surface area contributed by atoms with Gasteiger partial charge in [-0.05, 0) is 62.5 Å². The van der Waals surface area contributed by atoms with Gasteiger partial charge in [0.15, 0.2) is 0 Å². The Morgan fingerprint density at radius 1 is 1.11 bits per heavy atom. The van der Waals surface area contributed by atoms with Crippen LogP contribution >= 0.6 is 0 Å². The molecule has 3 saturated heterocycles. The molecule has 3 fully saturated rings. The third-order valence-corrected chi connectivity index (χ3v) is 7.45. The van der Waals surface area contributed by atoms with E-state index in [2.05, 4.69) is 45.5 Å². The summed E-state index contributed by atoms with van der Waals surface area (Å²) >= 11 is 0. The minimum atomic E-state index is 0.144. The lowest BCUT2D eigenvalue weighted by Gasteiger charge is -2.54. The second-order valence-corrected chi connectivity index (χ2v) is 9.17. The molecule has 2 amide bonds. The highest BCUT2D eigenvalue weighted by atomic mass is 16.2. The highest BCUT2D eigenvalue weighted by Gasteiger charge is 2.46. The first-order valence-electron chi connectivity index (χ1n) is 11.3. The van der Waals surface area contributed by atoms with Crippen LogP contribution in [0.4, 0.5) is 4.79 Å². The predicted molar refractivity (Wildman–Crippen MR) is 112 cm³/mol. The molecule has 0 radical (unpaired) electrons. The molecule has 1 aromatic rings. The van der Waals surface area contributed by atoms with Gasteiger partial charge in [0.05, 0.1) is 6.04 Å². The summed E-state index contributed by atoms with van der Waals surface area (Å²) in [5.41, 5.74) is 2.85. The van der Waals surface area contributed by atoms with Crippen LogP contribution in [0.25, 0.3) is 0 Å². The summed E-state index contributed by atoms with van der Waals surface area (Å²) in [6.07, 6.45) is 11.2. The van der Waals surface area contributed by atoms with Crippen molar-refractivity contribution in [3.05, 3.63) is 47.5 Å². The number of nitrogens with zero attached hydrogens (tertiary/aromatic N) is 2.